The molecule has 0 N–H and O–H groups in total. The van der Waals surface area contributed by atoms with Crippen LogP contribution in [0.1, 0.15) is 0 Å². The maximum atomic E-state index is 4.67. The van der Waals surface area contributed by atoms with Crippen molar-refractivity contribution in [1.82, 2.24) is 0 Å². The van der Waals surface area contributed by atoms with Crippen molar-refractivity contribution < 1.29 is 0 Å². The Bertz CT molecular complexity index is 824. The van der Waals surface area contributed by atoms with Crippen LogP contribution in [-0.2, 0) is 0 Å². The molecule has 0 aliphatic carbocycles. The van der Waals surface area contributed by atoms with Gasteiger partial charge in [-0.2, -0.15) is 0 Å². The van der Waals surface area contributed by atoms with Crippen LogP contribution in [0.4, 0.5) is 0 Å². The Kier molecular flexibility index (Phi) is 6.33. The first kappa shape index (κ1) is 20.3. The van der Waals surface area contributed by atoms with E-state index in [0.29, 0.717) is 0 Å². The zero-order valence-electron chi connectivity index (χ0n) is 17.2. The highest BCUT2D eigenvalue weighted by atomic mass is 28.3. The minimum Gasteiger partial charge on any atom is -0.0987 e. The lowest BCUT2D eigenvalue weighted by Crippen LogP contribution is -2.68. The van der Waals surface area contributed by atoms with Gasteiger partial charge in [-0.05, 0) is 21.6 Å². The summed E-state index contributed by atoms with van der Waals surface area (Å²) in [5, 5.41) is 5.40. The Morgan fingerprint density at radius 3 is 1.36 bits per heavy atom. The van der Waals surface area contributed by atoms with Crippen LogP contribution < -0.4 is 15.6 Å². The molecule has 0 saturated heterocycles. The molecule has 28 heavy (non-hydrogen) atoms. The van der Waals surface area contributed by atoms with Crippen LogP contribution in [0.2, 0.25) is 25.7 Å². The van der Waals surface area contributed by atoms with Gasteiger partial charge in [0.1, 0.15) is 0 Å². The molecule has 0 aliphatic rings. The van der Waals surface area contributed by atoms with E-state index in [2.05, 4.69) is 129 Å². The number of allylic oxidation sites excluding steroid dienone is 3. The molecule has 0 atom stereocenters. The molecular formula is C26H30Si2. The van der Waals surface area contributed by atoms with Crippen molar-refractivity contribution >= 4 is 31.7 Å². The third kappa shape index (κ3) is 4.35. The predicted molar refractivity (Wildman–Crippen MR) is 130 cm³/mol. The maximum absolute atomic E-state index is 4.67. The lowest BCUT2D eigenvalue weighted by Gasteiger charge is -2.34. The van der Waals surface area contributed by atoms with E-state index >= 15 is 0 Å². The van der Waals surface area contributed by atoms with Crippen molar-refractivity contribution in [2.45, 2.75) is 25.7 Å². The Balaban J connectivity index is 2.24. The normalized spacial score (nSPS) is 12.2. The first-order chi connectivity index (χ1) is 13.4. The highest BCUT2D eigenvalue weighted by Gasteiger charge is 2.41. The Labute approximate surface area is 172 Å². The van der Waals surface area contributed by atoms with Crippen LogP contribution in [0.3, 0.4) is 0 Å². The van der Waals surface area contributed by atoms with E-state index in [-0.39, 0.29) is 0 Å². The standard InChI is InChI=1S/C26H30Si2/c1-23(15-14-22-27(2,3)4)28(24-16-8-5-9-17-24,25-18-10-6-11-19-25)26-20-12-7-13-21-26/h5-21H,1,22H2,2-4H3/b15-14+. The van der Waals surface area contributed by atoms with E-state index in [9.17, 15) is 0 Å². The van der Waals surface area contributed by atoms with Crippen LogP contribution >= 0.6 is 0 Å². The third-order valence-electron chi connectivity index (χ3n) is 5.15. The average molecular weight is 399 g/mol. The second-order valence-corrected chi connectivity index (χ2v) is 17.9. The van der Waals surface area contributed by atoms with Crippen molar-refractivity contribution in [3.8, 4) is 0 Å². The van der Waals surface area contributed by atoms with Crippen LogP contribution in [0.25, 0.3) is 0 Å². The monoisotopic (exact) mass is 398 g/mol. The largest absolute Gasteiger partial charge is 0.179 e. The summed E-state index contributed by atoms with van der Waals surface area (Å²) in [6, 6.07) is 34.1. The molecule has 3 rings (SSSR count). The summed E-state index contributed by atoms with van der Waals surface area (Å²) in [6.45, 7) is 11.9. The van der Waals surface area contributed by atoms with Gasteiger partial charge >= 0.3 is 0 Å². The van der Waals surface area contributed by atoms with Crippen molar-refractivity contribution in [3.05, 3.63) is 115 Å². The quantitative estimate of drug-likeness (QED) is 0.293. The van der Waals surface area contributed by atoms with Gasteiger partial charge in [0.25, 0.3) is 0 Å². The van der Waals surface area contributed by atoms with Gasteiger partial charge in [-0.1, -0.05) is 135 Å². The summed E-state index contributed by atoms with van der Waals surface area (Å²) < 4.78 is 0. The molecule has 142 valence electrons. The highest BCUT2D eigenvalue weighted by Crippen LogP contribution is 2.18. The summed E-state index contributed by atoms with van der Waals surface area (Å²) in [7, 11) is -3.52. The van der Waals surface area contributed by atoms with Crippen molar-refractivity contribution in [2.75, 3.05) is 0 Å². The van der Waals surface area contributed by atoms with Crippen LogP contribution in [0.5, 0.6) is 0 Å². The van der Waals surface area contributed by atoms with E-state index in [1.54, 1.807) is 0 Å². The first-order valence-electron chi connectivity index (χ1n) is 9.97. The Morgan fingerprint density at radius 2 is 1.04 bits per heavy atom. The number of benzene rings is 3. The molecule has 0 heterocycles. The summed E-state index contributed by atoms with van der Waals surface area (Å²) in [6.07, 6.45) is 4.68. The number of hydrogen-bond acceptors (Lipinski definition) is 0. The lowest BCUT2D eigenvalue weighted by atomic mass is 10.3. The SMILES string of the molecule is C=C(/C=C/C[Si](C)(C)C)[Si](c1ccccc1)(c1ccccc1)c1ccccc1. The second kappa shape index (κ2) is 8.72. The average Bonchev–Trinajstić information content (AvgIpc) is 2.70. The molecule has 0 spiro atoms. The molecule has 0 bridgehead atoms. The zero-order chi connectivity index (χ0) is 20.0. The van der Waals surface area contributed by atoms with Gasteiger partial charge in [0.15, 0.2) is 8.07 Å². The smallest absolute Gasteiger partial charge is 0.0987 e. The van der Waals surface area contributed by atoms with Crippen molar-refractivity contribution in [1.29, 1.82) is 0 Å². The van der Waals surface area contributed by atoms with Crippen LogP contribution in [0.15, 0.2) is 115 Å². The molecule has 3 aromatic carbocycles. The molecule has 0 nitrogen and oxygen atoms in total. The maximum Gasteiger partial charge on any atom is 0.179 e. The summed E-state index contributed by atoms with van der Waals surface area (Å²) in [5.74, 6) is 0. The van der Waals surface area contributed by atoms with Gasteiger partial charge in [-0.3, -0.25) is 0 Å². The molecule has 0 fully saturated rings. The van der Waals surface area contributed by atoms with Gasteiger partial charge in [0, 0.05) is 8.07 Å². The van der Waals surface area contributed by atoms with Gasteiger partial charge < -0.3 is 0 Å². The molecule has 0 aliphatic heterocycles. The third-order valence-corrected chi connectivity index (χ3v) is 11.3. The Morgan fingerprint density at radius 1 is 0.679 bits per heavy atom. The fourth-order valence-corrected chi connectivity index (χ4v) is 9.18. The second-order valence-electron chi connectivity index (χ2n) is 8.54. The lowest BCUT2D eigenvalue weighted by molar-refractivity contribution is 1.50. The fourth-order valence-electron chi connectivity index (χ4n) is 3.80. The van der Waals surface area contributed by atoms with E-state index in [4.69, 9.17) is 0 Å². The van der Waals surface area contributed by atoms with E-state index in [1.807, 2.05) is 0 Å². The fraction of sp³-hybridized carbons (Fsp3) is 0.154. The molecular weight excluding hydrogens is 368 g/mol. The van der Waals surface area contributed by atoms with Crippen LogP contribution in [-0.4, -0.2) is 16.1 Å². The van der Waals surface area contributed by atoms with Gasteiger partial charge in [0.2, 0.25) is 0 Å². The molecule has 0 unspecified atom stereocenters. The Hall–Kier alpha value is -2.43. The van der Waals surface area contributed by atoms with E-state index in [1.165, 1.54) is 26.8 Å². The van der Waals surface area contributed by atoms with E-state index < -0.39 is 16.1 Å². The predicted octanol–water partition coefficient (Wildman–Crippen LogP) is 5.15. The van der Waals surface area contributed by atoms with Crippen molar-refractivity contribution in [3.63, 3.8) is 0 Å². The first-order valence-corrected chi connectivity index (χ1v) is 15.7. The van der Waals surface area contributed by atoms with Crippen molar-refractivity contribution in [2.24, 2.45) is 0 Å². The number of hydrogen-bond donors (Lipinski definition) is 0. The molecule has 0 amide bonds. The minimum absolute atomic E-state index is 1.13. The molecule has 0 saturated carbocycles. The molecule has 3 aromatic rings. The molecule has 2 heteroatoms. The topological polar surface area (TPSA) is 0 Å². The zero-order valence-corrected chi connectivity index (χ0v) is 19.2. The summed E-state index contributed by atoms with van der Waals surface area (Å²) >= 11 is 0. The minimum atomic E-state index is -2.39. The van der Waals surface area contributed by atoms with E-state index in [0.717, 1.165) is 0 Å². The van der Waals surface area contributed by atoms with Gasteiger partial charge in [0.05, 0.1) is 0 Å². The van der Waals surface area contributed by atoms with Crippen LogP contribution in [0, 0.1) is 0 Å². The van der Waals surface area contributed by atoms with Gasteiger partial charge in [-0.25, -0.2) is 0 Å². The summed E-state index contributed by atoms with van der Waals surface area (Å²) in [5.41, 5.74) is 0. The molecule has 0 aromatic heterocycles. The highest BCUT2D eigenvalue weighted by molar-refractivity contribution is 7.16. The number of rotatable bonds is 7. The summed E-state index contributed by atoms with van der Waals surface area (Å²) in [4.78, 5) is 0. The van der Waals surface area contributed by atoms with Gasteiger partial charge in [-0.15, -0.1) is 0 Å². The molecule has 0 radical (unpaired) electrons.